The molecule has 0 spiro atoms. The van der Waals surface area contributed by atoms with Crippen LogP contribution >= 0.6 is 0 Å². The Morgan fingerprint density at radius 3 is 2.00 bits per heavy atom. The van der Waals surface area contributed by atoms with Crippen molar-refractivity contribution < 1.29 is 0 Å². The molecule has 0 fully saturated rings. The second kappa shape index (κ2) is 8.83. The summed E-state index contributed by atoms with van der Waals surface area (Å²) in [5, 5.41) is 2.24. The molecule has 0 bridgehead atoms. The van der Waals surface area contributed by atoms with Gasteiger partial charge in [-0.1, -0.05) is 0 Å². The zero-order valence-electron chi connectivity index (χ0n) is 3.36. The Morgan fingerprint density at radius 2 is 2.00 bits per heavy atom. The largest absolute Gasteiger partial charge is 0.277 e. The van der Waals surface area contributed by atoms with Crippen molar-refractivity contribution in [2.45, 2.75) is 0 Å². The van der Waals surface area contributed by atoms with E-state index in [1.165, 1.54) is 7.05 Å². The van der Waals surface area contributed by atoms with E-state index in [4.69, 9.17) is 4.91 Å². The van der Waals surface area contributed by atoms with E-state index in [0.29, 0.717) is 0 Å². The van der Waals surface area contributed by atoms with Crippen molar-refractivity contribution in [3.8, 4) is 0 Å². The molecule has 1 radical (unpaired) electrons. The molecule has 0 saturated heterocycles. The summed E-state index contributed by atoms with van der Waals surface area (Å²) in [6.45, 7) is 0. The van der Waals surface area contributed by atoms with Crippen LogP contribution in [0.2, 0.25) is 0 Å². The second-order valence-electron chi connectivity index (χ2n) is 0.315. The van der Waals surface area contributed by atoms with Crippen LogP contribution in [0.5, 0.6) is 0 Å². The zero-order valence-corrected chi connectivity index (χ0v) is 5.36. The molecule has 0 atom stereocenters. The molecule has 0 aliphatic heterocycles. The first-order valence-electron chi connectivity index (χ1n) is 0.906. The van der Waals surface area contributed by atoms with Crippen molar-refractivity contribution in [3.63, 3.8) is 0 Å². The molecule has 5 heavy (non-hydrogen) atoms. The Kier molecular flexibility index (Phi) is 16.0. The van der Waals surface area contributed by atoms with Crippen molar-refractivity contribution in [1.82, 2.24) is 5.43 Å². The average Bonchev–Trinajstić information content (AvgIpc) is 1.37. The van der Waals surface area contributed by atoms with Crippen LogP contribution in [0.1, 0.15) is 0 Å². The molecular formula is CH4N2NaO. The molecule has 0 aromatic carbocycles. The van der Waals surface area contributed by atoms with Gasteiger partial charge in [-0.15, -0.1) is 4.91 Å². The summed E-state index contributed by atoms with van der Waals surface area (Å²) in [4.78, 5) is 8.81. The Labute approximate surface area is 52.4 Å². The van der Waals surface area contributed by atoms with Gasteiger partial charge in [-0.2, -0.15) is 0 Å². The molecule has 0 amide bonds. The first-order chi connectivity index (χ1) is 1.91. The van der Waals surface area contributed by atoms with Gasteiger partial charge in [0.25, 0.3) is 0 Å². The van der Waals surface area contributed by atoms with E-state index in [0.717, 1.165) is 0 Å². The topological polar surface area (TPSA) is 41.5 Å². The maximum atomic E-state index is 8.81. The number of hydrogen-bond donors (Lipinski definition) is 1. The number of nitrogens with zero attached hydrogens (tertiary/aromatic N) is 1. The van der Waals surface area contributed by atoms with Crippen LogP contribution in [0.3, 0.4) is 0 Å². The van der Waals surface area contributed by atoms with Crippen molar-refractivity contribution in [1.29, 1.82) is 0 Å². The van der Waals surface area contributed by atoms with Gasteiger partial charge in [-0.05, 0) is 0 Å². The third-order valence-corrected chi connectivity index (χ3v) is 0.0913. The molecule has 0 aromatic rings. The van der Waals surface area contributed by atoms with Gasteiger partial charge in [0.05, 0.1) is 0 Å². The van der Waals surface area contributed by atoms with Crippen molar-refractivity contribution in [3.05, 3.63) is 4.91 Å². The Hall–Kier alpha value is 0.400. The standard InChI is InChI=1S/CH4N2O.Na/c1-2-3-4;/h1H3,(H,2,4);. The van der Waals surface area contributed by atoms with Gasteiger partial charge in [0.15, 0.2) is 0 Å². The molecule has 4 heteroatoms. The van der Waals surface area contributed by atoms with Crippen LogP contribution in [0.15, 0.2) is 5.29 Å². The van der Waals surface area contributed by atoms with Crippen LogP contribution in [0.4, 0.5) is 0 Å². The maximum Gasteiger partial charge on any atom is 0.0493 e. The zero-order chi connectivity index (χ0) is 3.41. The van der Waals surface area contributed by atoms with E-state index in [1.54, 1.807) is 0 Å². The van der Waals surface area contributed by atoms with Crippen LogP contribution in [0, 0.1) is 4.91 Å². The molecule has 0 aliphatic rings. The number of nitroso groups, excluding NO2 is 1. The molecule has 3 nitrogen and oxygen atoms in total. The molecular weight excluding hydrogens is 79.0 g/mol. The van der Waals surface area contributed by atoms with E-state index in [9.17, 15) is 0 Å². The molecule has 0 unspecified atom stereocenters. The predicted molar refractivity (Wildman–Crippen MR) is 20.6 cm³/mol. The SMILES string of the molecule is CNN=O.[Na]. The van der Waals surface area contributed by atoms with Gasteiger partial charge < -0.3 is 0 Å². The van der Waals surface area contributed by atoms with Gasteiger partial charge in [0, 0.05) is 41.9 Å². The fourth-order valence-electron chi connectivity index (χ4n) is 0. The van der Waals surface area contributed by atoms with Crippen molar-refractivity contribution in [2.75, 3.05) is 7.05 Å². The van der Waals surface area contributed by atoms with Gasteiger partial charge in [-0.25, -0.2) is 0 Å². The van der Waals surface area contributed by atoms with Gasteiger partial charge in [-0.3, -0.25) is 5.43 Å². The molecule has 0 heterocycles. The Bertz CT molecular complexity index is 23.6. The van der Waals surface area contributed by atoms with Crippen LogP contribution in [0.25, 0.3) is 0 Å². The van der Waals surface area contributed by atoms with Crippen LogP contribution in [-0.4, -0.2) is 36.6 Å². The molecule has 0 rings (SSSR count). The molecule has 0 aliphatic carbocycles. The minimum atomic E-state index is 0. The summed E-state index contributed by atoms with van der Waals surface area (Å²) < 4.78 is 0. The van der Waals surface area contributed by atoms with E-state index in [2.05, 4.69) is 5.29 Å². The third-order valence-electron chi connectivity index (χ3n) is 0.0913. The summed E-state index contributed by atoms with van der Waals surface area (Å²) in [7, 11) is 1.45. The first-order valence-corrected chi connectivity index (χ1v) is 0.906. The van der Waals surface area contributed by atoms with E-state index in [-0.39, 0.29) is 29.6 Å². The predicted octanol–water partition coefficient (Wildman–Crippen LogP) is -0.494. The summed E-state index contributed by atoms with van der Waals surface area (Å²) in [5.74, 6) is 0. The third kappa shape index (κ3) is 12.9. The van der Waals surface area contributed by atoms with Gasteiger partial charge in [0.1, 0.15) is 0 Å². The fourth-order valence-corrected chi connectivity index (χ4v) is 0. The Balaban J connectivity index is 0. The van der Waals surface area contributed by atoms with E-state index >= 15 is 0 Å². The second-order valence-corrected chi connectivity index (χ2v) is 0.315. The smallest absolute Gasteiger partial charge is 0.0493 e. The minimum absolute atomic E-state index is 0. The minimum Gasteiger partial charge on any atom is -0.277 e. The monoisotopic (exact) mass is 83.0 g/mol. The van der Waals surface area contributed by atoms with E-state index < -0.39 is 0 Å². The Morgan fingerprint density at radius 1 is 1.80 bits per heavy atom. The first kappa shape index (κ1) is 9.04. The normalized spacial score (nSPS) is 4.20. The van der Waals surface area contributed by atoms with Gasteiger partial charge >= 0.3 is 0 Å². The van der Waals surface area contributed by atoms with Gasteiger partial charge in [0.2, 0.25) is 0 Å². The van der Waals surface area contributed by atoms with Crippen LogP contribution < -0.4 is 5.43 Å². The molecule has 0 saturated carbocycles. The van der Waals surface area contributed by atoms with Crippen molar-refractivity contribution in [2.24, 2.45) is 5.29 Å². The average molecular weight is 83.0 g/mol. The number of hydrogen-bond acceptors (Lipinski definition) is 2. The number of rotatable bonds is 1. The number of nitrogens with one attached hydrogen (secondary N) is 1. The summed E-state index contributed by atoms with van der Waals surface area (Å²) in [6.07, 6.45) is 0. The van der Waals surface area contributed by atoms with Crippen molar-refractivity contribution >= 4 is 29.6 Å². The van der Waals surface area contributed by atoms with E-state index in [1.807, 2.05) is 5.43 Å². The summed E-state index contributed by atoms with van der Waals surface area (Å²) in [6, 6.07) is 0. The summed E-state index contributed by atoms with van der Waals surface area (Å²) in [5.41, 5.74) is 2.00. The maximum absolute atomic E-state index is 8.81. The molecule has 25 valence electrons. The quantitative estimate of drug-likeness (QED) is 0.264. The fraction of sp³-hybridized carbons (Fsp3) is 1.00. The molecule has 1 N–H and O–H groups in total. The molecule has 0 aromatic heterocycles. The summed E-state index contributed by atoms with van der Waals surface area (Å²) >= 11 is 0. The van der Waals surface area contributed by atoms with Crippen LogP contribution in [-0.2, 0) is 0 Å².